The molecular formula is C16H25N7O. The molecule has 130 valence electrons. The summed E-state index contributed by atoms with van der Waals surface area (Å²) >= 11 is 0. The molecule has 24 heavy (non-hydrogen) atoms. The number of unbranched alkanes of at least 4 members (excludes halogenated alkanes) is 1. The highest BCUT2D eigenvalue weighted by Crippen LogP contribution is 2.18. The number of aryl methyl sites for hydroxylation is 1. The predicted molar refractivity (Wildman–Crippen MR) is 92.4 cm³/mol. The molecule has 8 nitrogen and oxygen atoms in total. The normalized spacial score (nSPS) is 16.5. The molecule has 2 aromatic heterocycles. The molecule has 2 aromatic rings. The van der Waals surface area contributed by atoms with E-state index in [0.717, 1.165) is 68.7 Å². The molecule has 3 N–H and O–H groups in total. The summed E-state index contributed by atoms with van der Waals surface area (Å²) in [5.74, 6) is 0.767. The van der Waals surface area contributed by atoms with Crippen molar-refractivity contribution in [1.82, 2.24) is 24.6 Å². The van der Waals surface area contributed by atoms with Crippen LogP contribution in [0, 0.1) is 5.92 Å². The molecule has 0 saturated carbocycles. The van der Waals surface area contributed by atoms with E-state index in [9.17, 15) is 4.79 Å². The molecule has 1 aliphatic heterocycles. The maximum atomic E-state index is 11.2. The Bertz CT molecular complexity index is 691. The van der Waals surface area contributed by atoms with Gasteiger partial charge in [0.15, 0.2) is 5.65 Å². The minimum absolute atomic E-state index is 0.0718. The van der Waals surface area contributed by atoms with Gasteiger partial charge in [-0.05, 0) is 45.3 Å². The molecular weight excluding hydrogens is 306 g/mol. The topological polar surface area (TPSA) is 102 Å². The number of fused-ring (bicyclic) bond motifs is 1. The number of hydrogen-bond acceptors (Lipinski definition) is 6. The summed E-state index contributed by atoms with van der Waals surface area (Å²) < 4.78 is 1.75. The zero-order valence-corrected chi connectivity index (χ0v) is 14.1. The number of hydrogen-bond donors (Lipinski definition) is 2. The van der Waals surface area contributed by atoms with Crippen LogP contribution < -0.4 is 11.1 Å². The maximum absolute atomic E-state index is 11.2. The lowest BCUT2D eigenvalue weighted by molar-refractivity contribution is -0.123. The third kappa shape index (κ3) is 3.81. The largest absolute Gasteiger partial charge is 0.369 e. The number of aromatic nitrogens is 4. The standard InChI is InChI=1S/C16H25N7O/c1-22-16-13(10-21-22)15(19-11-20-16)18-6-2-3-7-23-8-4-12(5-9-23)14(17)24/h10-12H,2-9H2,1H3,(H2,17,24)(H,18,19,20). The highest BCUT2D eigenvalue weighted by Gasteiger charge is 2.22. The van der Waals surface area contributed by atoms with Crippen LogP contribution in [0.25, 0.3) is 11.0 Å². The molecule has 1 fully saturated rings. The second kappa shape index (κ2) is 7.57. The number of anilines is 1. The molecule has 0 aromatic carbocycles. The zero-order valence-electron chi connectivity index (χ0n) is 14.1. The third-order valence-corrected chi connectivity index (χ3v) is 4.71. The highest BCUT2D eigenvalue weighted by atomic mass is 16.1. The minimum atomic E-state index is -0.148. The maximum Gasteiger partial charge on any atom is 0.220 e. The van der Waals surface area contributed by atoms with Gasteiger partial charge in [-0.15, -0.1) is 0 Å². The van der Waals surface area contributed by atoms with Crippen molar-refractivity contribution in [3.05, 3.63) is 12.5 Å². The smallest absolute Gasteiger partial charge is 0.220 e. The van der Waals surface area contributed by atoms with Crippen molar-refractivity contribution >= 4 is 22.8 Å². The van der Waals surface area contributed by atoms with Gasteiger partial charge in [-0.25, -0.2) is 9.97 Å². The Morgan fingerprint density at radius 1 is 1.33 bits per heavy atom. The Kier molecular flexibility index (Phi) is 5.24. The highest BCUT2D eigenvalue weighted by molar-refractivity contribution is 5.85. The molecule has 0 atom stereocenters. The molecule has 8 heteroatoms. The monoisotopic (exact) mass is 331 g/mol. The third-order valence-electron chi connectivity index (χ3n) is 4.71. The fourth-order valence-electron chi connectivity index (χ4n) is 3.21. The van der Waals surface area contributed by atoms with Crippen LogP contribution in [-0.2, 0) is 11.8 Å². The average molecular weight is 331 g/mol. The van der Waals surface area contributed by atoms with E-state index in [4.69, 9.17) is 5.73 Å². The number of piperidine rings is 1. The number of rotatable bonds is 7. The SMILES string of the molecule is Cn1ncc2c(NCCCCN3CCC(C(N)=O)CC3)ncnc21. The first kappa shape index (κ1) is 16.6. The second-order valence-electron chi connectivity index (χ2n) is 6.38. The van der Waals surface area contributed by atoms with Crippen LogP contribution >= 0.6 is 0 Å². The van der Waals surface area contributed by atoms with E-state index in [0.29, 0.717) is 0 Å². The summed E-state index contributed by atoms with van der Waals surface area (Å²) in [6.07, 6.45) is 7.34. The minimum Gasteiger partial charge on any atom is -0.369 e. The van der Waals surface area contributed by atoms with Crippen molar-refractivity contribution in [2.45, 2.75) is 25.7 Å². The summed E-state index contributed by atoms with van der Waals surface area (Å²) in [5, 5.41) is 8.54. The lowest BCUT2D eigenvalue weighted by Gasteiger charge is -2.30. The van der Waals surface area contributed by atoms with Gasteiger partial charge in [-0.2, -0.15) is 5.10 Å². The van der Waals surface area contributed by atoms with Gasteiger partial charge in [0.05, 0.1) is 11.6 Å². The Labute approximate surface area is 141 Å². The molecule has 0 unspecified atom stereocenters. The average Bonchev–Trinajstić information content (AvgIpc) is 2.97. The van der Waals surface area contributed by atoms with Crippen molar-refractivity contribution in [2.24, 2.45) is 18.7 Å². The molecule has 1 amide bonds. The molecule has 0 radical (unpaired) electrons. The lowest BCUT2D eigenvalue weighted by atomic mass is 9.96. The number of nitrogens with one attached hydrogen (secondary N) is 1. The van der Waals surface area contributed by atoms with Gasteiger partial charge in [0.1, 0.15) is 12.1 Å². The second-order valence-corrected chi connectivity index (χ2v) is 6.38. The van der Waals surface area contributed by atoms with Crippen LogP contribution in [-0.4, -0.2) is 56.7 Å². The fraction of sp³-hybridized carbons (Fsp3) is 0.625. The van der Waals surface area contributed by atoms with Crippen molar-refractivity contribution < 1.29 is 4.79 Å². The Morgan fingerprint density at radius 2 is 2.12 bits per heavy atom. The van der Waals surface area contributed by atoms with Gasteiger partial charge in [0, 0.05) is 19.5 Å². The van der Waals surface area contributed by atoms with E-state index in [1.54, 1.807) is 17.2 Å². The van der Waals surface area contributed by atoms with Crippen LogP contribution in [0.1, 0.15) is 25.7 Å². The van der Waals surface area contributed by atoms with E-state index < -0.39 is 0 Å². The van der Waals surface area contributed by atoms with Crippen molar-refractivity contribution in [2.75, 3.05) is 31.5 Å². The number of amides is 1. The molecule has 1 saturated heterocycles. The first-order chi connectivity index (χ1) is 11.6. The first-order valence-electron chi connectivity index (χ1n) is 8.53. The molecule has 0 aliphatic carbocycles. The lowest BCUT2D eigenvalue weighted by Crippen LogP contribution is -2.38. The quantitative estimate of drug-likeness (QED) is 0.726. The van der Waals surface area contributed by atoms with Gasteiger partial charge in [0.2, 0.25) is 5.91 Å². The van der Waals surface area contributed by atoms with Crippen molar-refractivity contribution in [1.29, 1.82) is 0 Å². The Hall–Kier alpha value is -2.22. The van der Waals surface area contributed by atoms with Gasteiger partial charge in [-0.1, -0.05) is 0 Å². The van der Waals surface area contributed by atoms with Crippen LogP contribution in [0.15, 0.2) is 12.5 Å². The number of carbonyl (C=O) groups is 1. The number of nitrogens with zero attached hydrogens (tertiary/aromatic N) is 5. The van der Waals surface area contributed by atoms with Gasteiger partial charge < -0.3 is 16.0 Å². The Morgan fingerprint density at radius 3 is 2.88 bits per heavy atom. The summed E-state index contributed by atoms with van der Waals surface area (Å²) in [5.41, 5.74) is 6.20. The van der Waals surface area contributed by atoms with E-state index >= 15 is 0 Å². The van der Waals surface area contributed by atoms with Crippen LogP contribution in [0.3, 0.4) is 0 Å². The molecule has 3 heterocycles. The van der Waals surface area contributed by atoms with Gasteiger partial charge in [-0.3, -0.25) is 9.48 Å². The summed E-state index contributed by atoms with van der Waals surface area (Å²) in [4.78, 5) is 22.1. The number of carbonyl (C=O) groups excluding carboxylic acids is 1. The molecule has 1 aliphatic rings. The Balaban J connectivity index is 1.38. The van der Waals surface area contributed by atoms with E-state index in [2.05, 4.69) is 25.3 Å². The summed E-state index contributed by atoms with van der Waals surface area (Å²) in [6, 6.07) is 0. The van der Waals surface area contributed by atoms with Crippen molar-refractivity contribution in [3.63, 3.8) is 0 Å². The summed E-state index contributed by atoms with van der Waals surface area (Å²) in [7, 11) is 1.88. The first-order valence-corrected chi connectivity index (χ1v) is 8.53. The number of primary amides is 1. The fourth-order valence-corrected chi connectivity index (χ4v) is 3.21. The van der Waals surface area contributed by atoms with Crippen LogP contribution in [0.4, 0.5) is 5.82 Å². The predicted octanol–water partition coefficient (Wildman–Crippen LogP) is 0.753. The van der Waals surface area contributed by atoms with E-state index in [-0.39, 0.29) is 11.8 Å². The zero-order chi connectivity index (χ0) is 16.9. The molecule has 0 bridgehead atoms. The van der Waals surface area contributed by atoms with Crippen LogP contribution in [0.5, 0.6) is 0 Å². The van der Waals surface area contributed by atoms with Gasteiger partial charge >= 0.3 is 0 Å². The number of likely N-dealkylation sites (tertiary alicyclic amines) is 1. The van der Waals surface area contributed by atoms with Gasteiger partial charge in [0.25, 0.3) is 0 Å². The van der Waals surface area contributed by atoms with Crippen LogP contribution in [0.2, 0.25) is 0 Å². The molecule has 0 spiro atoms. The summed E-state index contributed by atoms with van der Waals surface area (Å²) in [6.45, 7) is 3.89. The molecule has 3 rings (SSSR count). The number of nitrogens with two attached hydrogens (primary N) is 1. The van der Waals surface area contributed by atoms with E-state index in [1.807, 2.05) is 7.05 Å². The van der Waals surface area contributed by atoms with E-state index in [1.165, 1.54) is 0 Å². The van der Waals surface area contributed by atoms with Crippen molar-refractivity contribution in [3.8, 4) is 0 Å².